The lowest BCUT2D eigenvalue weighted by Gasteiger charge is -2.33. The number of hydrogen-bond acceptors (Lipinski definition) is 5. The van der Waals surface area contributed by atoms with Crippen LogP contribution in [0.25, 0.3) is 5.52 Å². The molecule has 10 heteroatoms. The first-order valence-corrected chi connectivity index (χ1v) is 10.5. The normalized spacial score (nSPS) is 21.3. The van der Waals surface area contributed by atoms with Gasteiger partial charge in [-0.2, -0.15) is 4.31 Å². The van der Waals surface area contributed by atoms with Crippen LogP contribution in [-0.2, 0) is 16.4 Å². The van der Waals surface area contributed by atoms with Crippen molar-refractivity contribution >= 4 is 21.5 Å². The van der Waals surface area contributed by atoms with E-state index in [1.165, 1.54) is 10.7 Å². The average molecular weight is 397 g/mol. The van der Waals surface area contributed by atoms with Gasteiger partial charge in [-0.1, -0.05) is 19.3 Å². The van der Waals surface area contributed by atoms with E-state index >= 15 is 0 Å². The molecule has 3 rings (SSSR count). The molecule has 3 heterocycles. The number of sulfonamides is 1. The summed E-state index contributed by atoms with van der Waals surface area (Å²) < 4.78 is 54.5. The summed E-state index contributed by atoms with van der Waals surface area (Å²) in [5, 5.41) is 7.18. The van der Waals surface area contributed by atoms with Crippen LogP contribution in [0.15, 0.2) is 6.20 Å². The Morgan fingerprint density at radius 3 is 2.81 bits per heavy atom. The van der Waals surface area contributed by atoms with Crippen molar-refractivity contribution in [3.63, 3.8) is 0 Å². The van der Waals surface area contributed by atoms with Crippen LogP contribution in [0.1, 0.15) is 31.0 Å². The third-order valence-corrected chi connectivity index (χ3v) is 5.91. The lowest BCUT2D eigenvalue weighted by Crippen LogP contribution is -2.49. The molecule has 2 atom stereocenters. The number of aryl methyl sites for hydroxylation is 1. The zero-order valence-electron chi connectivity index (χ0n) is 15.1. The van der Waals surface area contributed by atoms with Crippen molar-refractivity contribution in [3.05, 3.63) is 23.3 Å². The first-order chi connectivity index (χ1) is 12.8. The quantitative estimate of drug-likeness (QED) is 0.775. The molecule has 27 heavy (non-hydrogen) atoms. The van der Waals surface area contributed by atoms with Crippen LogP contribution in [0.3, 0.4) is 0 Å². The van der Waals surface area contributed by atoms with E-state index in [2.05, 4.69) is 21.3 Å². The molecule has 0 aliphatic carbocycles. The highest BCUT2D eigenvalue weighted by Gasteiger charge is 2.33. The fourth-order valence-corrected chi connectivity index (χ4v) is 4.10. The van der Waals surface area contributed by atoms with Gasteiger partial charge in [-0.25, -0.2) is 26.7 Å². The fourth-order valence-electron chi connectivity index (χ4n) is 3.25. The number of nitrogens with zero attached hydrogens (tertiary/aromatic N) is 4. The smallest absolute Gasteiger partial charge is 0.241 e. The number of nitrogens with one attached hydrogen (secondary N) is 1. The van der Waals surface area contributed by atoms with Crippen LogP contribution in [0.2, 0.25) is 0 Å². The maximum atomic E-state index is 14.4. The highest BCUT2D eigenvalue weighted by molar-refractivity contribution is 7.88. The van der Waals surface area contributed by atoms with E-state index in [9.17, 15) is 17.2 Å². The van der Waals surface area contributed by atoms with Crippen LogP contribution in [0.4, 0.5) is 14.7 Å². The average Bonchev–Trinajstić information content (AvgIpc) is 2.87. The van der Waals surface area contributed by atoms with Gasteiger partial charge in [0.1, 0.15) is 11.7 Å². The first kappa shape index (κ1) is 19.5. The van der Waals surface area contributed by atoms with Gasteiger partial charge < -0.3 is 5.32 Å². The summed E-state index contributed by atoms with van der Waals surface area (Å²) in [5.41, 5.74) is 0.899. The minimum absolute atomic E-state index is 0.138. The standard InChI is InChI=1S/C17H21F2N5O2S/c1-4-6-14-11(5-2)16(19)15-9-20-17(22-24(14)15)21-13-7-8-23(10-12(13)18)27(3,25)26/h2,9,12-13H,4,6-8,10H2,1,3H3,(H,21,22)/t12-,13-/m1/s1. The monoisotopic (exact) mass is 397 g/mol. The molecule has 1 fully saturated rings. The van der Waals surface area contributed by atoms with Crippen molar-refractivity contribution < 1.29 is 17.2 Å². The molecule has 7 nitrogen and oxygen atoms in total. The predicted molar refractivity (Wildman–Crippen MR) is 98.2 cm³/mol. The molecule has 1 aliphatic rings. The second kappa shape index (κ2) is 7.40. The molecule has 0 amide bonds. The Hall–Kier alpha value is -2.25. The number of anilines is 1. The van der Waals surface area contributed by atoms with Crippen molar-refractivity contribution in [1.82, 2.24) is 18.9 Å². The van der Waals surface area contributed by atoms with E-state index in [1.807, 2.05) is 6.92 Å². The summed E-state index contributed by atoms with van der Waals surface area (Å²) in [5.74, 6) is 1.95. The summed E-state index contributed by atoms with van der Waals surface area (Å²) in [6, 6.07) is -0.636. The number of terminal acetylenes is 1. The van der Waals surface area contributed by atoms with Crippen LogP contribution < -0.4 is 5.32 Å². The van der Waals surface area contributed by atoms with Crippen molar-refractivity contribution in [2.24, 2.45) is 0 Å². The molecule has 0 aromatic carbocycles. The third-order valence-electron chi connectivity index (χ3n) is 4.64. The highest BCUT2D eigenvalue weighted by atomic mass is 32.2. The lowest BCUT2D eigenvalue weighted by atomic mass is 10.1. The summed E-state index contributed by atoms with van der Waals surface area (Å²) >= 11 is 0. The minimum Gasteiger partial charge on any atom is -0.347 e. The van der Waals surface area contributed by atoms with E-state index in [0.717, 1.165) is 17.0 Å². The Bertz CT molecular complexity index is 999. The van der Waals surface area contributed by atoms with Gasteiger partial charge in [-0.15, -0.1) is 11.5 Å². The van der Waals surface area contributed by atoms with Gasteiger partial charge in [0.25, 0.3) is 0 Å². The van der Waals surface area contributed by atoms with Crippen molar-refractivity contribution in [2.75, 3.05) is 24.7 Å². The molecule has 0 saturated carbocycles. The fraction of sp³-hybridized carbons (Fsp3) is 0.529. The van der Waals surface area contributed by atoms with Gasteiger partial charge in [0.05, 0.1) is 29.8 Å². The molecule has 1 saturated heterocycles. The van der Waals surface area contributed by atoms with Gasteiger partial charge in [0.15, 0.2) is 5.82 Å². The molecule has 0 unspecified atom stereocenters. The zero-order chi connectivity index (χ0) is 19.8. The number of alkyl halides is 1. The number of rotatable bonds is 5. The summed E-state index contributed by atoms with van der Waals surface area (Å²) in [6.45, 7) is 1.93. The number of piperidine rings is 1. The first-order valence-electron chi connectivity index (χ1n) is 8.64. The molecule has 2 aromatic rings. The van der Waals surface area contributed by atoms with Gasteiger partial charge in [0.2, 0.25) is 16.0 Å². The minimum atomic E-state index is -3.43. The molecular formula is C17H21F2N5O2S. The van der Waals surface area contributed by atoms with Crippen LogP contribution in [-0.4, -0.2) is 58.9 Å². The van der Waals surface area contributed by atoms with Gasteiger partial charge >= 0.3 is 0 Å². The van der Waals surface area contributed by atoms with Gasteiger partial charge in [-0.05, 0) is 12.8 Å². The van der Waals surface area contributed by atoms with Crippen LogP contribution in [0.5, 0.6) is 0 Å². The molecular weight excluding hydrogens is 376 g/mol. The molecule has 146 valence electrons. The Labute approximate surface area is 156 Å². The van der Waals surface area contributed by atoms with E-state index in [1.54, 1.807) is 0 Å². The van der Waals surface area contributed by atoms with Crippen LogP contribution in [0, 0.1) is 18.2 Å². The van der Waals surface area contributed by atoms with Crippen molar-refractivity contribution in [1.29, 1.82) is 0 Å². The Morgan fingerprint density at radius 2 is 2.22 bits per heavy atom. The zero-order valence-corrected chi connectivity index (χ0v) is 15.9. The predicted octanol–water partition coefficient (Wildman–Crippen LogP) is 1.59. The number of aromatic nitrogens is 3. The van der Waals surface area contributed by atoms with E-state index in [0.29, 0.717) is 12.1 Å². The molecule has 0 radical (unpaired) electrons. The summed E-state index contributed by atoms with van der Waals surface area (Å²) in [6.07, 6.45) is 7.95. The van der Waals surface area contributed by atoms with Crippen LogP contribution >= 0.6 is 0 Å². The largest absolute Gasteiger partial charge is 0.347 e. The Balaban J connectivity index is 1.86. The number of fused-ring (bicyclic) bond motifs is 1. The molecule has 1 aliphatic heterocycles. The second-order valence-corrected chi connectivity index (χ2v) is 8.57. The topological polar surface area (TPSA) is 79.6 Å². The van der Waals surface area contributed by atoms with E-state index in [4.69, 9.17) is 6.42 Å². The molecule has 0 bridgehead atoms. The van der Waals surface area contributed by atoms with E-state index < -0.39 is 28.1 Å². The Morgan fingerprint density at radius 1 is 1.48 bits per heavy atom. The maximum Gasteiger partial charge on any atom is 0.241 e. The lowest BCUT2D eigenvalue weighted by molar-refractivity contribution is 0.186. The second-order valence-electron chi connectivity index (χ2n) is 6.59. The van der Waals surface area contributed by atoms with E-state index in [-0.39, 0.29) is 36.5 Å². The molecule has 0 spiro atoms. The number of hydrogen-bond donors (Lipinski definition) is 1. The molecule has 2 aromatic heterocycles. The maximum absolute atomic E-state index is 14.4. The van der Waals surface area contributed by atoms with Gasteiger partial charge in [0, 0.05) is 13.1 Å². The Kier molecular flexibility index (Phi) is 5.35. The van der Waals surface area contributed by atoms with Gasteiger partial charge in [-0.3, -0.25) is 0 Å². The summed E-state index contributed by atoms with van der Waals surface area (Å²) in [7, 11) is -3.43. The number of halogens is 2. The van der Waals surface area contributed by atoms with Crippen molar-refractivity contribution in [2.45, 2.75) is 38.4 Å². The third kappa shape index (κ3) is 3.75. The SMILES string of the molecule is C#Cc1c(F)c2cnc(N[C@@H]3CCN(S(C)(=O)=O)C[C@H]3F)nn2c1CCC. The van der Waals surface area contributed by atoms with Crippen molar-refractivity contribution in [3.8, 4) is 12.3 Å². The highest BCUT2D eigenvalue weighted by Crippen LogP contribution is 2.23. The summed E-state index contributed by atoms with van der Waals surface area (Å²) in [4.78, 5) is 4.06. The molecule has 1 N–H and O–H groups in total.